The second-order valence-corrected chi connectivity index (χ2v) is 9.99. The Morgan fingerprint density at radius 1 is 1.20 bits per heavy atom. The minimum atomic E-state index is -0.141. The van der Waals surface area contributed by atoms with Gasteiger partial charge in [0.2, 0.25) is 0 Å². The summed E-state index contributed by atoms with van der Waals surface area (Å²) in [6, 6.07) is 0. The van der Waals surface area contributed by atoms with Crippen molar-refractivity contribution in [1.82, 2.24) is 4.90 Å². The fourth-order valence-electron chi connectivity index (χ4n) is 5.84. The van der Waals surface area contributed by atoms with E-state index in [1.165, 1.54) is 36.3 Å². The molecule has 5 rings (SSSR count). The number of rotatable bonds is 5. The molecule has 138 valence electrons. The third-order valence-electron chi connectivity index (χ3n) is 6.71. The molecule has 0 unspecified atom stereocenters. The van der Waals surface area contributed by atoms with E-state index < -0.39 is 0 Å². The van der Waals surface area contributed by atoms with E-state index in [1.54, 1.807) is 17.8 Å². The molecule has 5 aliphatic rings. The van der Waals surface area contributed by atoms with Crippen molar-refractivity contribution in [2.75, 3.05) is 6.54 Å². The lowest BCUT2D eigenvalue weighted by Crippen LogP contribution is -2.52. The summed E-state index contributed by atoms with van der Waals surface area (Å²) in [6.07, 6.45) is 11.5. The zero-order chi connectivity index (χ0) is 17.6. The van der Waals surface area contributed by atoms with Crippen molar-refractivity contribution in [3.05, 3.63) is 21.7 Å². The van der Waals surface area contributed by atoms with Gasteiger partial charge in [0.05, 0.1) is 11.1 Å². The quantitative estimate of drug-likeness (QED) is 0.482. The second kappa shape index (κ2) is 6.68. The lowest BCUT2D eigenvalue weighted by Gasteiger charge is -2.55. The molecule has 1 heterocycles. The summed E-state index contributed by atoms with van der Waals surface area (Å²) in [4.78, 5) is 16.4. The van der Waals surface area contributed by atoms with E-state index in [0.717, 1.165) is 55.0 Å². The summed E-state index contributed by atoms with van der Waals surface area (Å²) in [5, 5.41) is 1.05. The van der Waals surface area contributed by atoms with E-state index in [0.29, 0.717) is 0 Å². The Labute approximate surface area is 156 Å². The fraction of sp³-hybridized carbons (Fsp3) is 0.762. The van der Waals surface area contributed by atoms with Gasteiger partial charge < -0.3 is 9.64 Å². The molecular weight excluding hydrogens is 330 g/mol. The Morgan fingerprint density at radius 3 is 2.36 bits per heavy atom. The Kier molecular flexibility index (Phi) is 4.68. The highest BCUT2D eigenvalue weighted by molar-refractivity contribution is 8.06. The standard InChI is InChI=1S/C21H31NO2S/c1-4-5-6-22-14(2)15(3)25-19(22)10-20(23)24-21-11-16-7-17(12-21)9-18(8-16)13-21/h10,16-18H,4-9,11-13H2,1-3H3. The summed E-state index contributed by atoms with van der Waals surface area (Å²) in [6.45, 7) is 7.50. The van der Waals surface area contributed by atoms with Crippen molar-refractivity contribution in [2.24, 2.45) is 17.8 Å². The van der Waals surface area contributed by atoms with Gasteiger partial charge in [-0.25, -0.2) is 4.79 Å². The van der Waals surface area contributed by atoms with Gasteiger partial charge in [-0.3, -0.25) is 0 Å². The topological polar surface area (TPSA) is 29.5 Å². The van der Waals surface area contributed by atoms with Crippen LogP contribution in [0.2, 0.25) is 0 Å². The highest BCUT2D eigenvalue weighted by atomic mass is 32.2. The van der Waals surface area contributed by atoms with Crippen LogP contribution in [0.1, 0.15) is 72.1 Å². The normalized spacial score (nSPS) is 38.1. The highest BCUT2D eigenvalue weighted by Gasteiger charge is 2.53. The molecule has 0 radical (unpaired) electrons. The molecule has 0 amide bonds. The molecular formula is C21H31NO2S. The summed E-state index contributed by atoms with van der Waals surface area (Å²) >= 11 is 1.72. The van der Waals surface area contributed by atoms with E-state index in [4.69, 9.17) is 4.74 Å². The smallest absolute Gasteiger partial charge is 0.333 e. The summed E-state index contributed by atoms with van der Waals surface area (Å²) in [5.74, 6) is 2.30. The number of thioether (sulfide) groups is 1. The van der Waals surface area contributed by atoms with Crippen LogP contribution in [0.25, 0.3) is 0 Å². The maximum absolute atomic E-state index is 12.8. The van der Waals surface area contributed by atoms with Gasteiger partial charge in [-0.1, -0.05) is 25.1 Å². The summed E-state index contributed by atoms with van der Waals surface area (Å²) < 4.78 is 6.16. The van der Waals surface area contributed by atoms with Crippen molar-refractivity contribution in [1.29, 1.82) is 0 Å². The molecule has 4 bridgehead atoms. The molecule has 0 spiro atoms. The Hall–Kier alpha value is -0.900. The number of nitrogens with zero attached hydrogens (tertiary/aromatic N) is 1. The van der Waals surface area contributed by atoms with Gasteiger partial charge in [-0.05, 0) is 76.5 Å². The van der Waals surface area contributed by atoms with E-state index in [9.17, 15) is 4.79 Å². The molecule has 1 aliphatic heterocycles. The first-order valence-corrected chi connectivity index (χ1v) is 10.9. The van der Waals surface area contributed by atoms with Crippen LogP contribution < -0.4 is 0 Å². The Balaban J connectivity index is 1.45. The molecule has 4 fully saturated rings. The maximum atomic E-state index is 12.8. The average molecular weight is 362 g/mol. The van der Waals surface area contributed by atoms with Gasteiger partial charge >= 0.3 is 5.97 Å². The van der Waals surface area contributed by atoms with E-state index >= 15 is 0 Å². The molecule has 0 aromatic heterocycles. The first kappa shape index (κ1) is 17.5. The molecule has 4 aliphatic carbocycles. The Morgan fingerprint density at radius 2 is 1.80 bits per heavy atom. The fourth-order valence-corrected chi connectivity index (χ4v) is 6.91. The molecule has 3 nitrogen and oxygen atoms in total. The molecule has 0 N–H and O–H groups in total. The number of carbonyl (C=O) groups is 1. The average Bonchev–Trinajstić information content (AvgIpc) is 2.77. The molecule has 25 heavy (non-hydrogen) atoms. The van der Waals surface area contributed by atoms with Crippen molar-refractivity contribution in [3.8, 4) is 0 Å². The van der Waals surface area contributed by atoms with Crippen LogP contribution in [0.3, 0.4) is 0 Å². The lowest BCUT2D eigenvalue weighted by atomic mass is 9.54. The molecule has 0 atom stereocenters. The minimum Gasteiger partial charge on any atom is -0.456 e. The predicted octanol–water partition coefficient (Wildman–Crippen LogP) is 5.44. The van der Waals surface area contributed by atoms with Crippen LogP contribution >= 0.6 is 11.8 Å². The zero-order valence-corrected chi connectivity index (χ0v) is 16.7. The van der Waals surface area contributed by atoms with Crippen LogP contribution in [0, 0.1) is 17.8 Å². The largest absolute Gasteiger partial charge is 0.456 e. The molecule has 0 aromatic rings. The van der Waals surface area contributed by atoms with Crippen LogP contribution in [-0.4, -0.2) is 23.0 Å². The number of unbranched alkanes of at least 4 members (excludes halogenated alkanes) is 1. The van der Waals surface area contributed by atoms with Crippen molar-refractivity contribution in [2.45, 2.75) is 77.7 Å². The van der Waals surface area contributed by atoms with E-state index in [1.807, 2.05) is 0 Å². The van der Waals surface area contributed by atoms with E-state index in [2.05, 4.69) is 25.7 Å². The van der Waals surface area contributed by atoms with Gasteiger partial charge in [-0.15, -0.1) is 0 Å². The number of ether oxygens (including phenoxy) is 1. The van der Waals surface area contributed by atoms with Crippen LogP contribution in [0.4, 0.5) is 0 Å². The molecule has 4 saturated carbocycles. The van der Waals surface area contributed by atoms with Crippen molar-refractivity contribution in [3.63, 3.8) is 0 Å². The third kappa shape index (κ3) is 3.39. The van der Waals surface area contributed by atoms with Gasteiger partial charge in [0.1, 0.15) is 5.60 Å². The van der Waals surface area contributed by atoms with Gasteiger partial charge in [0.15, 0.2) is 0 Å². The van der Waals surface area contributed by atoms with E-state index in [-0.39, 0.29) is 11.6 Å². The molecule has 4 heteroatoms. The SMILES string of the molecule is CCCCN1C(=CC(=O)OC23CC4CC(CC(C4)C2)C3)SC(C)=C1C. The summed E-state index contributed by atoms with van der Waals surface area (Å²) in [7, 11) is 0. The summed E-state index contributed by atoms with van der Waals surface area (Å²) in [5.41, 5.74) is 1.14. The molecule has 0 saturated heterocycles. The monoisotopic (exact) mass is 361 g/mol. The second-order valence-electron chi connectivity index (χ2n) is 8.75. The third-order valence-corrected chi connectivity index (χ3v) is 7.86. The number of hydrogen-bond donors (Lipinski definition) is 0. The maximum Gasteiger partial charge on any atom is 0.333 e. The minimum absolute atomic E-state index is 0.117. The number of hydrogen-bond acceptors (Lipinski definition) is 4. The zero-order valence-electron chi connectivity index (χ0n) is 15.8. The first-order chi connectivity index (χ1) is 12.0. The number of allylic oxidation sites excluding steroid dienone is 2. The number of carbonyl (C=O) groups excluding carboxylic acids is 1. The van der Waals surface area contributed by atoms with Gasteiger partial charge in [-0.2, -0.15) is 0 Å². The first-order valence-electron chi connectivity index (χ1n) is 10.1. The lowest BCUT2D eigenvalue weighted by molar-refractivity contribution is -0.181. The highest BCUT2D eigenvalue weighted by Crippen LogP contribution is 2.57. The van der Waals surface area contributed by atoms with Gasteiger partial charge in [0, 0.05) is 17.1 Å². The van der Waals surface area contributed by atoms with Crippen LogP contribution in [0.5, 0.6) is 0 Å². The predicted molar refractivity (Wildman–Crippen MR) is 103 cm³/mol. The van der Waals surface area contributed by atoms with Gasteiger partial charge in [0.25, 0.3) is 0 Å². The van der Waals surface area contributed by atoms with Crippen LogP contribution in [-0.2, 0) is 9.53 Å². The van der Waals surface area contributed by atoms with Crippen molar-refractivity contribution >= 4 is 17.7 Å². The van der Waals surface area contributed by atoms with Crippen molar-refractivity contribution < 1.29 is 9.53 Å². The van der Waals surface area contributed by atoms with Crippen LogP contribution in [0.15, 0.2) is 21.7 Å². The number of esters is 1. The Bertz CT molecular complexity index is 586. The molecule has 0 aromatic carbocycles.